The fourth-order valence-corrected chi connectivity index (χ4v) is 4.88. The molecule has 0 saturated carbocycles. The van der Waals surface area contributed by atoms with Crippen molar-refractivity contribution >= 4 is 21.8 Å². The predicted octanol–water partition coefficient (Wildman–Crippen LogP) is 2.28. The van der Waals surface area contributed by atoms with Crippen LogP contribution in [0.5, 0.6) is 0 Å². The van der Waals surface area contributed by atoms with Gasteiger partial charge in [0.1, 0.15) is 0 Å². The number of thioether (sulfide) groups is 1. The fourth-order valence-electron chi connectivity index (χ4n) is 2.39. The summed E-state index contributed by atoms with van der Waals surface area (Å²) in [4.78, 5) is 0.372. The van der Waals surface area contributed by atoms with Crippen LogP contribution < -0.4 is 10.0 Å². The maximum absolute atomic E-state index is 12.5. The zero-order valence-corrected chi connectivity index (χ0v) is 14.3. The lowest BCUT2D eigenvalue weighted by molar-refractivity contribution is 0.543. The number of hydrogen-bond acceptors (Lipinski definition) is 4. The molecule has 2 N–H and O–H groups in total. The Labute approximate surface area is 132 Å². The van der Waals surface area contributed by atoms with E-state index in [1.165, 1.54) is 0 Å². The van der Waals surface area contributed by atoms with Gasteiger partial charge in [-0.25, -0.2) is 13.1 Å². The van der Waals surface area contributed by atoms with Gasteiger partial charge in [-0.05, 0) is 55.3 Å². The van der Waals surface area contributed by atoms with Gasteiger partial charge in [0.05, 0.1) is 4.90 Å². The Morgan fingerprint density at radius 1 is 1.38 bits per heavy atom. The molecule has 0 spiro atoms. The summed E-state index contributed by atoms with van der Waals surface area (Å²) in [5.74, 6) is 2.00. The van der Waals surface area contributed by atoms with E-state index >= 15 is 0 Å². The normalized spacial score (nSPS) is 19.6. The van der Waals surface area contributed by atoms with Gasteiger partial charge >= 0.3 is 0 Å². The highest BCUT2D eigenvalue weighted by Gasteiger charge is 2.22. The average molecular weight is 329 g/mol. The molecule has 1 aliphatic rings. The van der Waals surface area contributed by atoms with E-state index in [9.17, 15) is 8.42 Å². The monoisotopic (exact) mass is 328 g/mol. The lowest BCUT2D eigenvalue weighted by atomic mass is 10.1. The van der Waals surface area contributed by atoms with Crippen molar-refractivity contribution in [1.29, 1.82) is 0 Å². The number of nitrogens with one attached hydrogen (secondary N) is 2. The van der Waals surface area contributed by atoms with Crippen LogP contribution in [0, 0.1) is 6.92 Å². The molecule has 1 aliphatic heterocycles. The highest BCUT2D eigenvalue weighted by atomic mass is 32.2. The quantitative estimate of drug-likeness (QED) is 0.841. The second-order valence-corrected chi connectivity index (χ2v) is 8.27. The van der Waals surface area contributed by atoms with E-state index in [-0.39, 0.29) is 6.04 Å². The van der Waals surface area contributed by atoms with Crippen LogP contribution in [0.3, 0.4) is 0 Å². The molecule has 1 atom stereocenters. The molecular weight excluding hydrogens is 304 g/mol. The number of aryl methyl sites for hydroxylation is 1. The maximum atomic E-state index is 12.5. The smallest absolute Gasteiger partial charge is 0.240 e. The van der Waals surface area contributed by atoms with Gasteiger partial charge in [0.15, 0.2) is 0 Å². The summed E-state index contributed by atoms with van der Waals surface area (Å²) in [5.41, 5.74) is 2.15. The Hall–Kier alpha value is -0.560. The third-order valence-corrected chi connectivity index (χ3v) is 6.41. The van der Waals surface area contributed by atoms with Gasteiger partial charge in [-0.1, -0.05) is 13.0 Å². The SMILES string of the molecule is CCNCc1cc(S(=O)(=O)NC2CCCSC2)ccc1C. The summed E-state index contributed by atoms with van der Waals surface area (Å²) in [6.45, 7) is 5.62. The van der Waals surface area contributed by atoms with Crippen molar-refractivity contribution in [1.82, 2.24) is 10.0 Å². The molecule has 1 saturated heterocycles. The number of sulfonamides is 1. The van der Waals surface area contributed by atoms with E-state index in [1.807, 2.05) is 31.7 Å². The van der Waals surface area contributed by atoms with Gasteiger partial charge in [0.2, 0.25) is 10.0 Å². The summed E-state index contributed by atoms with van der Waals surface area (Å²) in [6.07, 6.45) is 2.01. The molecule has 118 valence electrons. The first-order chi connectivity index (χ1) is 10.0. The minimum Gasteiger partial charge on any atom is -0.313 e. The van der Waals surface area contributed by atoms with Gasteiger partial charge in [-0.2, -0.15) is 11.8 Å². The van der Waals surface area contributed by atoms with Gasteiger partial charge in [-0.15, -0.1) is 0 Å². The van der Waals surface area contributed by atoms with Crippen molar-refractivity contribution < 1.29 is 8.42 Å². The number of hydrogen-bond donors (Lipinski definition) is 2. The van der Waals surface area contributed by atoms with Crippen LogP contribution in [-0.2, 0) is 16.6 Å². The minimum atomic E-state index is -3.42. The average Bonchev–Trinajstić information content (AvgIpc) is 2.47. The topological polar surface area (TPSA) is 58.2 Å². The Bertz CT molecular complexity index is 567. The summed E-state index contributed by atoms with van der Waals surface area (Å²) >= 11 is 1.82. The standard InChI is InChI=1S/C15H24N2O2S2/c1-3-16-10-13-9-15(7-6-12(13)2)21(18,19)17-14-5-4-8-20-11-14/h6-7,9,14,16-17H,3-5,8,10-11H2,1-2H3. The van der Waals surface area contributed by atoms with E-state index in [1.54, 1.807) is 12.1 Å². The Kier molecular flexibility index (Phi) is 6.10. The summed E-state index contributed by atoms with van der Waals surface area (Å²) in [6, 6.07) is 5.43. The molecule has 0 aliphatic carbocycles. The van der Waals surface area contributed by atoms with Crippen molar-refractivity contribution in [2.24, 2.45) is 0 Å². The third kappa shape index (κ3) is 4.71. The van der Waals surface area contributed by atoms with Gasteiger partial charge in [-0.3, -0.25) is 0 Å². The zero-order valence-electron chi connectivity index (χ0n) is 12.7. The van der Waals surface area contributed by atoms with Gasteiger partial charge in [0.25, 0.3) is 0 Å². The molecule has 0 bridgehead atoms. The van der Waals surface area contributed by atoms with E-state index in [4.69, 9.17) is 0 Å². The lowest BCUT2D eigenvalue weighted by Gasteiger charge is -2.22. The highest BCUT2D eigenvalue weighted by molar-refractivity contribution is 7.99. The van der Waals surface area contributed by atoms with Crippen LogP contribution in [-0.4, -0.2) is 32.5 Å². The van der Waals surface area contributed by atoms with Crippen molar-refractivity contribution in [3.63, 3.8) is 0 Å². The molecular formula is C15H24N2O2S2. The van der Waals surface area contributed by atoms with Crippen molar-refractivity contribution in [2.45, 2.75) is 44.2 Å². The summed E-state index contributed by atoms with van der Waals surface area (Å²) in [7, 11) is -3.42. The van der Waals surface area contributed by atoms with Crippen LogP contribution in [0.4, 0.5) is 0 Å². The second kappa shape index (κ2) is 7.63. The van der Waals surface area contributed by atoms with E-state index in [0.29, 0.717) is 11.4 Å². The molecule has 21 heavy (non-hydrogen) atoms. The largest absolute Gasteiger partial charge is 0.313 e. The van der Waals surface area contributed by atoms with Crippen LogP contribution in [0.1, 0.15) is 30.9 Å². The molecule has 0 amide bonds. The molecule has 1 fully saturated rings. The first-order valence-corrected chi connectivity index (χ1v) is 10.1. The molecule has 1 unspecified atom stereocenters. The lowest BCUT2D eigenvalue weighted by Crippen LogP contribution is -2.38. The van der Waals surface area contributed by atoms with Crippen molar-refractivity contribution in [3.05, 3.63) is 29.3 Å². The Balaban J connectivity index is 2.14. The van der Waals surface area contributed by atoms with E-state index in [2.05, 4.69) is 10.0 Å². The van der Waals surface area contributed by atoms with Crippen LogP contribution >= 0.6 is 11.8 Å². The molecule has 4 nitrogen and oxygen atoms in total. The first-order valence-electron chi connectivity index (χ1n) is 7.43. The number of rotatable bonds is 6. The molecule has 2 rings (SSSR count). The third-order valence-electron chi connectivity index (χ3n) is 3.68. The van der Waals surface area contributed by atoms with E-state index < -0.39 is 10.0 Å². The first kappa shape index (κ1) is 16.8. The molecule has 1 aromatic rings. The van der Waals surface area contributed by atoms with Crippen molar-refractivity contribution in [3.8, 4) is 0 Å². The zero-order chi connectivity index (χ0) is 15.3. The molecule has 1 aromatic carbocycles. The molecule has 0 radical (unpaired) electrons. The fraction of sp³-hybridized carbons (Fsp3) is 0.600. The second-order valence-electron chi connectivity index (χ2n) is 5.40. The predicted molar refractivity (Wildman–Crippen MR) is 89.2 cm³/mol. The number of benzene rings is 1. The molecule has 1 heterocycles. The maximum Gasteiger partial charge on any atom is 0.240 e. The Morgan fingerprint density at radius 2 is 2.19 bits per heavy atom. The molecule has 6 heteroatoms. The molecule has 0 aromatic heterocycles. The van der Waals surface area contributed by atoms with Crippen LogP contribution in [0.25, 0.3) is 0 Å². The Morgan fingerprint density at radius 3 is 2.86 bits per heavy atom. The van der Waals surface area contributed by atoms with Crippen molar-refractivity contribution in [2.75, 3.05) is 18.1 Å². The summed E-state index contributed by atoms with van der Waals surface area (Å²) in [5, 5.41) is 3.25. The van der Waals surface area contributed by atoms with Crippen LogP contribution in [0.15, 0.2) is 23.1 Å². The minimum absolute atomic E-state index is 0.0623. The highest BCUT2D eigenvalue weighted by Crippen LogP contribution is 2.20. The summed E-state index contributed by atoms with van der Waals surface area (Å²) < 4.78 is 27.8. The van der Waals surface area contributed by atoms with E-state index in [0.717, 1.165) is 42.0 Å². The van der Waals surface area contributed by atoms with Crippen LogP contribution in [0.2, 0.25) is 0 Å². The van der Waals surface area contributed by atoms with Gasteiger partial charge in [0, 0.05) is 18.3 Å². The van der Waals surface area contributed by atoms with Gasteiger partial charge < -0.3 is 5.32 Å².